The number of aromatic nitrogens is 3. The van der Waals surface area contributed by atoms with Crippen LogP contribution in [-0.4, -0.2) is 46.8 Å². The van der Waals surface area contributed by atoms with E-state index >= 15 is 0 Å². The Bertz CT molecular complexity index is 862. The van der Waals surface area contributed by atoms with E-state index in [1.807, 2.05) is 0 Å². The number of anilines is 1. The van der Waals surface area contributed by atoms with E-state index in [2.05, 4.69) is 10.1 Å². The van der Waals surface area contributed by atoms with Gasteiger partial charge in [0.05, 0.1) is 25.5 Å². The third-order valence-corrected chi connectivity index (χ3v) is 4.47. The van der Waals surface area contributed by atoms with Gasteiger partial charge in [0, 0.05) is 18.8 Å². The number of carbonyl (C=O) groups is 2. The Kier molecular flexibility index (Phi) is 3.65. The first-order valence-electron chi connectivity index (χ1n) is 7.90. The first-order chi connectivity index (χ1) is 12.1. The maximum atomic E-state index is 13.0. The van der Waals surface area contributed by atoms with Gasteiger partial charge in [-0.2, -0.15) is 5.10 Å². The molecule has 0 aliphatic carbocycles. The molecule has 0 unspecified atom stereocenters. The molecule has 0 spiro atoms. The van der Waals surface area contributed by atoms with E-state index in [4.69, 9.17) is 15.2 Å². The first-order valence-corrected chi connectivity index (χ1v) is 7.90. The van der Waals surface area contributed by atoms with Crippen LogP contribution in [0.4, 0.5) is 5.82 Å². The molecule has 1 atom stereocenters. The van der Waals surface area contributed by atoms with Crippen molar-refractivity contribution in [2.45, 2.75) is 19.1 Å². The van der Waals surface area contributed by atoms with Gasteiger partial charge in [-0.15, -0.1) is 0 Å². The molecule has 2 aliphatic rings. The normalized spacial score (nSPS) is 19.6. The van der Waals surface area contributed by atoms with Crippen molar-refractivity contribution in [1.82, 2.24) is 14.8 Å². The van der Waals surface area contributed by atoms with Crippen molar-refractivity contribution in [2.75, 3.05) is 25.2 Å². The van der Waals surface area contributed by atoms with Crippen molar-refractivity contribution in [3.05, 3.63) is 35.3 Å². The highest BCUT2D eigenvalue weighted by atomic mass is 16.5. The summed E-state index contributed by atoms with van der Waals surface area (Å²) in [7, 11) is 1.63. The third-order valence-electron chi connectivity index (χ3n) is 4.47. The minimum atomic E-state index is -0.716. The lowest BCUT2D eigenvalue weighted by molar-refractivity contribution is -0.120. The summed E-state index contributed by atoms with van der Waals surface area (Å²) in [4.78, 5) is 30.6. The van der Waals surface area contributed by atoms with Crippen molar-refractivity contribution in [3.8, 4) is 5.75 Å². The lowest BCUT2D eigenvalue weighted by atomic mass is 9.95. The summed E-state index contributed by atoms with van der Waals surface area (Å²) in [5, 5.41) is 4.28. The molecule has 4 rings (SSSR count). The van der Waals surface area contributed by atoms with Gasteiger partial charge in [-0.25, -0.2) is 4.98 Å². The molecule has 0 saturated carbocycles. The Morgan fingerprint density at radius 3 is 3.08 bits per heavy atom. The van der Waals surface area contributed by atoms with E-state index in [-0.39, 0.29) is 24.8 Å². The van der Waals surface area contributed by atoms with E-state index < -0.39 is 11.8 Å². The average molecular weight is 343 g/mol. The molecule has 0 fully saturated rings. The van der Waals surface area contributed by atoms with E-state index in [9.17, 15) is 9.59 Å². The number of nitrogens with zero attached hydrogens (tertiary/aromatic N) is 4. The van der Waals surface area contributed by atoms with Crippen molar-refractivity contribution < 1.29 is 19.1 Å². The molecule has 2 amide bonds. The van der Waals surface area contributed by atoms with Gasteiger partial charge in [0.2, 0.25) is 5.91 Å². The smallest absolute Gasteiger partial charge is 0.269 e. The quantitative estimate of drug-likeness (QED) is 0.824. The fourth-order valence-electron chi connectivity index (χ4n) is 3.25. The number of hydrogen-bond donors (Lipinski definition) is 1. The van der Waals surface area contributed by atoms with Crippen molar-refractivity contribution >= 4 is 17.6 Å². The fourth-order valence-corrected chi connectivity index (χ4v) is 3.25. The van der Waals surface area contributed by atoms with Crippen molar-refractivity contribution in [2.24, 2.45) is 5.73 Å². The second-order valence-corrected chi connectivity index (χ2v) is 5.93. The van der Waals surface area contributed by atoms with E-state index in [0.717, 1.165) is 0 Å². The number of hydrogen-bond acceptors (Lipinski definition) is 6. The molecule has 130 valence electrons. The summed E-state index contributed by atoms with van der Waals surface area (Å²) in [6.45, 7) is 1.35. The van der Waals surface area contributed by atoms with E-state index in [0.29, 0.717) is 36.0 Å². The SMILES string of the molecule is CN1C(=O)[C@@H](c2c(C(N)=O)nn3c2COCC3)COc2cccnc21. The second-order valence-electron chi connectivity index (χ2n) is 5.93. The minimum absolute atomic E-state index is 0.0703. The molecular formula is C16H17N5O4. The Morgan fingerprint density at radius 1 is 1.44 bits per heavy atom. The molecule has 2 N–H and O–H groups in total. The number of fused-ring (bicyclic) bond motifs is 2. The first kappa shape index (κ1) is 15.6. The molecule has 2 aromatic heterocycles. The molecule has 9 heteroatoms. The predicted molar refractivity (Wildman–Crippen MR) is 86.3 cm³/mol. The maximum absolute atomic E-state index is 13.0. The van der Waals surface area contributed by atoms with Crippen LogP contribution in [0.3, 0.4) is 0 Å². The van der Waals surface area contributed by atoms with Crippen LogP contribution >= 0.6 is 0 Å². The molecule has 0 radical (unpaired) electrons. The van der Waals surface area contributed by atoms with Gasteiger partial charge in [-0.3, -0.25) is 19.2 Å². The number of rotatable bonds is 2. The van der Waals surface area contributed by atoms with Gasteiger partial charge in [0.1, 0.15) is 12.5 Å². The van der Waals surface area contributed by atoms with Gasteiger partial charge in [0.25, 0.3) is 5.91 Å². The van der Waals surface area contributed by atoms with Crippen molar-refractivity contribution in [1.29, 1.82) is 0 Å². The summed E-state index contributed by atoms with van der Waals surface area (Å²) < 4.78 is 13.0. The summed E-state index contributed by atoms with van der Waals surface area (Å²) in [5.41, 5.74) is 6.77. The second kappa shape index (κ2) is 5.85. The number of carbonyl (C=O) groups excluding carboxylic acids is 2. The van der Waals surface area contributed by atoms with Crippen LogP contribution in [0.5, 0.6) is 5.75 Å². The molecular weight excluding hydrogens is 326 g/mol. The number of nitrogens with two attached hydrogens (primary N) is 1. The molecule has 4 heterocycles. The van der Waals surface area contributed by atoms with Crippen LogP contribution in [0.15, 0.2) is 18.3 Å². The highest BCUT2D eigenvalue weighted by Crippen LogP contribution is 2.35. The number of ether oxygens (including phenoxy) is 2. The molecule has 0 aromatic carbocycles. The summed E-state index contributed by atoms with van der Waals surface area (Å²) >= 11 is 0. The van der Waals surface area contributed by atoms with Gasteiger partial charge in [-0.1, -0.05) is 0 Å². The standard InChI is InChI=1S/C16H17N5O4/c1-20-15-11(3-2-4-18-15)25-7-9(16(20)23)12-10-8-24-6-5-21(10)19-13(12)14(17)22/h2-4,9H,5-8H2,1H3,(H2,17,22)/t9-/m1/s1. The average Bonchev–Trinajstić information content (AvgIpc) is 2.96. The summed E-state index contributed by atoms with van der Waals surface area (Å²) in [6, 6.07) is 3.49. The third kappa shape index (κ3) is 2.43. The van der Waals surface area contributed by atoms with E-state index in [1.54, 1.807) is 30.1 Å². The number of likely N-dealkylation sites (N-methyl/N-ethyl adjacent to an activating group) is 1. The van der Waals surface area contributed by atoms with Crippen LogP contribution in [-0.2, 0) is 22.7 Å². The number of pyridine rings is 1. The minimum Gasteiger partial charge on any atom is -0.489 e. The molecule has 0 bridgehead atoms. The zero-order valence-electron chi connectivity index (χ0n) is 13.6. The Labute approximate surface area is 143 Å². The number of amides is 2. The lowest BCUT2D eigenvalue weighted by Gasteiger charge is -2.21. The van der Waals surface area contributed by atoms with Crippen LogP contribution < -0.4 is 15.4 Å². The monoisotopic (exact) mass is 343 g/mol. The largest absolute Gasteiger partial charge is 0.489 e. The maximum Gasteiger partial charge on any atom is 0.269 e. The summed E-state index contributed by atoms with van der Waals surface area (Å²) in [6.07, 6.45) is 1.59. The van der Waals surface area contributed by atoms with Crippen molar-refractivity contribution in [3.63, 3.8) is 0 Å². The van der Waals surface area contributed by atoms with E-state index in [1.165, 1.54) is 4.90 Å². The van der Waals surface area contributed by atoms with Crippen LogP contribution in [0.2, 0.25) is 0 Å². The topological polar surface area (TPSA) is 113 Å². The highest BCUT2D eigenvalue weighted by Gasteiger charge is 2.38. The molecule has 9 nitrogen and oxygen atoms in total. The highest BCUT2D eigenvalue weighted by molar-refractivity contribution is 6.01. The van der Waals surface area contributed by atoms with Gasteiger partial charge in [-0.05, 0) is 12.1 Å². The zero-order valence-corrected chi connectivity index (χ0v) is 13.6. The molecule has 2 aliphatic heterocycles. The predicted octanol–water partition coefficient (Wildman–Crippen LogP) is 0.0462. The van der Waals surface area contributed by atoms with Crippen LogP contribution in [0.25, 0.3) is 0 Å². The molecule has 0 saturated heterocycles. The Balaban J connectivity index is 1.82. The van der Waals surface area contributed by atoms with Crippen LogP contribution in [0, 0.1) is 0 Å². The lowest BCUT2D eigenvalue weighted by Crippen LogP contribution is -2.34. The fraction of sp³-hybridized carbons (Fsp3) is 0.375. The Hall–Kier alpha value is -2.94. The molecule has 2 aromatic rings. The molecule has 25 heavy (non-hydrogen) atoms. The van der Waals surface area contributed by atoms with Crippen LogP contribution in [0.1, 0.15) is 27.7 Å². The summed E-state index contributed by atoms with van der Waals surface area (Å²) in [5.74, 6) is -0.674. The number of primary amides is 1. The zero-order chi connectivity index (χ0) is 17.6. The van der Waals surface area contributed by atoms with Gasteiger partial charge in [0.15, 0.2) is 17.3 Å². The van der Waals surface area contributed by atoms with Gasteiger partial charge < -0.3 is 15.2 Å². The Morgan fingerprint density at radius 2 is 2.28 bits per heavy atom. The van der Waals surface area contributed by atoms with Gasteiger partial charge >= 0.3 is 0 Å².